The second-order valence-electron chi connectivity index (χ2n) is 6.62. The minimum Gasteiger partial charge on any atom is -0.387 e. The summed E-state index contributed by atoms with van der Waals surface area (Å²) in [4.78, 5) is 13.8. The molecule has 0 bridgehead atoms. The van der Waals surface area contributed by atoms with Crippen molar-refractivity contribution in [2.24, 2.45) is 0 Å². The van der Waals surface area contributed by atoms with Gasteiger partial charge in [-0.1, -0.05) is 24.3 Å². The summed E-state index contributed by atoms with van der Waals surface area (Å²) < 4.78 is 0. The molecule has 2 aromatic rings. The summed E-state index contributed by atoms with van der Waals surface area (Å²) in [5.41, 5.74) is 3.37. The van der Waals surface area contributed by atoms with Crippen LogP contribution in [-0.2, 0) is 4.79 Å². The number of anilines is 1. The van der Waals surface area contributed by atoms with Gasteiger partial charge in [-0.3, -0.25) is 4.79 Å². The van der Waals surface area contributed by atoms with Crippen LogP contribution in [0.15, 0.2) is 48.5 Å². The Morgan fingerprint density at radius 3 is 2.65 bits per heavy atom. The fourth-order valence-electron chi connectivity index (χ4n) is 3.19. The predicted molar refractivity (Wildman–Crippen MR) is 101 cm³/mol. The van der Waals surface area contributed by atoms with Crippen LogP contribution in [0.4, 0.5) is 5.69 Å². The summed E-state index contributed by atoms with van der Waals surface area (Å²) in [5.74, 6) is 0.180. The van der Waals surface area contributed by atoms with E-state index in [1.54, 1.807) is 24.3 Å². The van der Waals surface area contributed by atoms with Gasteiger partial charge in [-0.25, -0.2) is 0 Å². The molecule has 1 fully saturated rings. The first-order valence-electron chi connectivity index (χ1n) is 8.90. The molecule has 2 aromatic carbocycles. The quantitative estimate of drug-likeness (QED) is 0.840. The molecule has 0 aliphatic carbocycles. The molecule has 134 valence electrons. The van der Waals surface area contributed by atoms with Gasteiger partial charge in [0.2, 0.25) is 5.91 Å². The minimum absolute atomic E-state index is 0.0423. The monoisotopic (exact) mass is 349 g/mol. The lowest BCUT2D eigenvalue weighted by Crippen LogP contribution is -2.26. The summed E-state index contributed by atoms with van der Waals surface area (Å²) in [6.07, 6.45) is 0.885. The van der Waals surface area contributed by atoms with E-state index in [-0.39, 0.29) is 11.9 Å². The van der Waals surface area contributed by atoms with Gasteiger partial charge in [0.05, 0.1) is 17.7 Å². The smallest absolute Gasteiger partial charge is 0.227 e. The predicted octanol–water partition coefficient (Wildman–Crippen LogP) is 3.07. The number of aliphatic hydroxyl groups excluding tert-OH is 1. The first kappa shape index (κ1) is 18.1. The Morgan fingerprint density at radius 1 is 1.23 bits per heavy atom. The number of benzene rings is 2. The molecule has 0 radical (unpaired) electrons. The summed E-state index contributed by atoms with van der Waals surface area (Å²) in [5, 5.41) is 22.5. The maximum absolute atomic E-state index is 11.9. The molecule has 3 rings (SSSR count). The van der Waals surface area contributed by atoms with E-state index in [0.29, 0.717) is 18.5 Å². The Balaban J connectivity index is 1.61. The Kier molecular flexibility index (Phi) is 5.67. The van der Waals surface area contributed by atoms with E-state index in [1.807, 2.05) is 36.1 Å². The number of nitrogens with one attached hydrogen (secondary N) is 1. The highest BCUT2D eigenvalue weighted by Gasteiger charge is 2.22. The van der Waals surface area contributed by atoms with Gasteiger partial charge in [0, 0.05) is 31.2 Å². The Bertz CT molecular complexity index is 811. The number of nitriles is 1. The molecule has 0 unspecified atom stereocenters. The molecule has 1 amide bonds. The summed E-state index contributed by atoms with van der Waals surface area (Å²) in [6.45, 7) is 3.22. The molecule has 26 heavy (non-hydrogen) atoms. The van der Waals surface area contributed by atoms with E-state index < -0.39 is 6.10 Å². The van der Waals surface area contributed by atoms with Crippen LogP contribution >= 0.6 is 0 Å². The molecule has 0 aromatic heterocycles. The van der Waals surface area contributed by atoms with Gasteiger partial charge in [-0.05, 0) is 48.7 Å². The molecule has 0 saturated carbocycles. The topological polar surface area (TPSA) is 76.4 Å². The van der Waals surface area contributed by atoms with E-state index in [2.05, 4.69) is 11.4 Å². The van der Waals surface area contributed by atoms with Crippen LogP contribution in [0.1, 0.15) is 48.6 Å². The molecule has 1 heterocycles. The zero-order valence-corrected chi connectivity index (χ0v) is 14.9. The van der Waals surface area contributed by atoms with E-state index in [9.17, 15) is 9.90 Å². The third-order valence-corrected chi connectivity index (χ3v) is 4.80. The second kappa shape index (κ2) is 8.13. The van der Waals surface area contributed by atoms with E-state index in [0.717, 1.165) is 29.8 Å². The first-order valence-corrected chi connectivity index (χ1v) is 8.90. The number of carbonyl (C=O) groups excluding carboxylic acids is 1. The molecule has 2 atom stereocenters. The molecule has 5 nitrogen and oxygen atoms in total. The normalized spacial score (nSPS) is 16.3. The molecule has 1 aliphatic heterocycles. The number of rotatable bonds is 6. The van der Waals surface area contributed by atoms with Crippen molar-refractivity contribution in [3.63, 3.8) is 0 Å². The van der Waals surface area contributed by atoms with Gasteiger partial charge < -0.3 is 15.3 Å². The van der Waals surface area contributed by atoms with Crippen LogP contribution in [0.3, 0.4) is 0 Å². The number of amides is 1. The Morgan fingerprint density at radius 2 is 2.00 bits per heavy atom. The molecular formula is C21H23N3O2. The van der Waals surface area contributed by atoms with Gasteiger partial charge in [0.1, 0.15) is 0 Å². The molecule has 1 aliphatic rings. The van der Waals surface area contributed by atoms with E-state index in [4.69, 9.17) is 5.26 Å². The van der Waals surface area contributed by atoms with Crippen molar-refractivity contribution in [1.29, 1.82) is 5.26 Å². The van der Waals surface area contributed by atoms with E-state index >= 15 is 0 Å². The lowest BCUT2D eigenvalue weighted by molar-refractivity contribution is -0.117. The molecule has 5 heteroatoms. The molecular weight excluding hydrogens is 326 g/mol. The lowest BCUT2D eigenvalue weighted by Gasteiger charge is -2.21. The molecule has 0 spiro atoms. The van der Waals surface area contributed by atoms with Crippen LogP contribution in [-0.4, -0.2) is 24.1 Å². The Hall–Kier alpha value is -2.68. The van der Waals surface area contributed by atoms with Crippen molar-refractivity contribution in [1.82, 2.24) is 5.32 Å². The SMILES string of the molecule is C[C@@H](NC[C@@H](O)c1ccc(C#N)cc1)c1cccc(N2CCCC2=O)c1. The highest BCUT2D eigenvalue weighted by atomic mass is 16.3. The second-order valence-corrected chi connectivity index (χ2v) is 6.62. The maximum Gasteiger partial charge on any atom is 0.227 e. The van der Waals surface area contributed by atoms with Gasteiger partial charge >= 0.3 is 0 Å². The third kappa shape index (κ3) is 4.10. The number of aliphatic hydroxyl groups is 1. The van der Waals surface area contributed by atoms with Crippen molar-refractivity contribution >= 4 is 11.6 Å². The molecule has 2 N–H and O–H groups in total. The average Bonchev–Trinajstić information content (AvgIpc) is 3.12. The Labute approximate surface area is 153 Å². The van der Waals surface area contributed by atoms with Crippen molar-refractivity contribution in [3.8, 4) is 6.07 Å². The first-order chi connectivity index (χ1) is 12.6. The zero-order chi connectivity index (χ0) is 18.5. The number of hydrogen-bond acceptors (Lipinski definition) is 4. The highest BCUT2D eigenvalue weighted by Crippen LogP contribution is 2.25. The van der Waals surface area contributed by atoms with Crippen molar-refractivity contribution in [3.05, 3.63) is 65.2 Å². The number of carbonyl (C=O) groups is 1. The van der Waals surface area contributed by atoms with Crippen LogP contribution in [0, 0.1) is 11.3 Å². The van der Waals surface area contributed by atoms with Crippen LogP contribution in [0.25, 0.3) is 0 Å². The van der Waals surface area contributed by atoms with Gasteiger partial charge in [-0.15, -0.1) is 0 Å². The largest absolute Gasteiger partial charge is 0.387 e. The van der Waals surface area contributed by atoms with Crippen molar-refractivity contribution < 1.29 is 9.90 Å². The third-order valence-electron chi connectivity index (χ3n) is 4.80. The van der Waals surface area contributed by atoms with Gasteiger partial charge in [-0.2, -0.15) is 5.26 Å². The number of hydrogen-bond donors (Lipinski definition) is 2. The van der Waals surface area contributed by atoms with Crippen LogP contribution < -0.4 is 10.2 Å². The summed E-state index contributed by atoms with van der Waals surface area (Å²) >= 11 is 0. The fraction of sp³-hybridized carbons (Fsp3) is 0.333. The molecule has 1 saturated heterocycles. The van der Waals surface area contributed by atoms with Crippen LogP contribution in [0.2, 0.25) is 0 Å². The van der Waals surface area contributed by atoms with Gasteiger partial charge in [0.15, 0.2) is 0 Å². The summed E-state index contributed by atoms with van der Waals surface area (Å²) in [7, 11) is 0. The summed E-state index contributed by atoms with van der Waals surface area (Å²) in [6, 6.07) is 17.1. The lowest BCUT2D eigenvalue weighted by atomic mass is 10.0. The number of nitrogens with zero attached hydrogens (tertiary/aromatic N) is 2. The van der Waals surface area contributed by atoms with E-state index in [1.165, 1.54) is 0 Å². The van der Waals surface area contributed by atoms with Gasteiger partial charge in [0.25, 0.3) is 0 Å². The van der Waals surface area contributed by atoms with Crippen LogP contribution in [0.5, 0.6) is 0 Å². The highest BCUT2D eigenvalue weighted by molar-refractivity contribution is 5.95. The minimum atomic E-state index is -0.645. The average molecular weight is 349 g/mol. The zero-order valence-electron chi connectivity index (χ0n) is 14.9. The fourth-order valence-corrected chi connectivity index (χ4v) is 3.19. The standard InChI is InChI=1S/C21H23N3O2/c1-15(23-14-20(25)17-9-7-16(13-22)8-10-17)18-4-2-5-19(12-18)24-11-3-6-21(24)26/h2,4-5,7-10,12,15,20,23,25H,3,6,11,14H2,1H3/t15-,20-/m1/s1. The van der Waals surface area contributed by atoms with Crippen molar-refractivity contribution in [2.75, 3.05) is 18.0 Å². The van der Waals surface area contributed by atoms with Crippen molar-refractivity contribution in [2.45, 2.75) is 31.9 Å². The maximum atomic E-state index is 11.9.